The molecule has 15 heavy (non-hydrogen) atoms. The van der Waals surface area contributed by atoms with Crippen LogP contribution in [0.4, 0.5) is 5.69 Å². The van der Waals surface area contributed by atoms with E-state index in [-0.39, 0.29) is 5.75 Å². The molecule has 7 heteroatoms. The molecule has 0 spiro atoms. The third-order valence-corrected chi connectivity index (χ3v) is 1.78. The first kappa shape index (κ1) is 10.8. The zero-order valence-electron chi connectivity index (χ0n) is 7.76. The molecule has 1 rings (SSSR count). The molecule has 0 saturated heterocycles. The average molecular weight is 212 g/mol. The second-order valence-electron chi connectivity index (χ2n) is 2.63. The molecular weight excluding hydrogens is 204 g/mol. The minimum absolute atomic E-state index is 0.00870. The molecule has 0 aliphatic rings. The third-order valence-electron chi connectivity index (χ3n) is 1.78. The molecule has 0 atom stereocenters. The van der Waals surface area contributed by atoms with Crippen LogP contribution in [0.5, 0.6) is 11.5 Å². The van der Waals surface area contributed by atoms with E-state index >= 15 is 0 Å². The molecule has 0 unspecified atom stereocenters. The Morgan fingerprint density at radius 1 is 1.60 bits per heavy atom. The van der Waals surface area contributed by atoms with Crippen molar-refractivity contribution < 1.29 is 19.6 Å². The molecule has 0 aliphatic heterocycles. The van der Waals surface area contributed by atoms with Crippen molar-refractivity contribution in [3.63, 3.8) is 0 Å². The number of methoxy groups -OCH3 is 1. The number of nitrogens with two attached hydrogens (primary N) is 1. The molecule has 0 bridgehead atoms. The Hall–Kier alpha value is -2.31. The minimum Gasteiger partial charge on any atom is -0.501 e. The maximum atomic E-state index is 10.9. The summed E-state index contributed by atoms with van der Waals surface area (Å²) in [6, 6.07) is 2.22. The number of nitro benzene ring substituents is 1. The van der Waals surface area contributed by atoms with Crippen LogP contribution in [0.3, 0.4) is 0 Å². The molecule has 1 aromatic carbocycles. The van der Waals surface area contributed by atoms with Crippen molar-refractivity contribution in [1.29, 1.82) is 0 Å². The standard InChI is InChI=1S/C8H8N2O5/c1-15-5-3-2-4(10(13)14)7(11)6(5)8(9)12/h2-3,11H,1H3,(H2,9,12). The number of hydrogen-bond donors (Lipinski definition) is 2. The van der Waals surface area contributed by atoms with E-state index in [0.29, 0.717) is 0 Å². The van der Waals surface area contributed by atoms with Crippen LogP contribution in [0, 0.1) is 10.1 Å². The maximum absolute atomic E-state index is 10.9. The van der Waals surface area contributed by atoms with Gasteiger partial charge in [0.05, 0.1) is 12.0 Å². The van der Waals surface area contributed by atoms with Gasteiger partial charge in [-0.1, -0.05) is 0 Å². The normalized spacial score (nSPS) is 9.67. The first-order valence-electron chi connectivity index (χ1n) is 3.83. The average Bonchev–Trinajstić information content (AvgIpc) is 2.15. The molecule has 80 valence electrons. The Labute approximate surface area is 84.2 Å². The van der Waals surface area contributed by atoms with E-state index in [1.165, 1.54) is 13.2 Å². The van der Waals surface area contributed by atoms with E-state index in [0.717, 1.165) is 6.07 Å². The molecule has 0 aliphatic carbocycles. The Bertz CT molecular complexity index is 429. The Morgan fingerprint density at radius 2 is 2.20 bits per heavy atom. The number of amides is 1. The minimum atomic E-state index is -0.993. The van der Waals surface area contributed by atoms with Crippen molar-refractivity contribution in [2.45, 2.75) is 0 Å². The molecule has 0 saturated carbocycles. The first-order valence-corrected chi connectivity index (χ1v) is 3.83. The number of carbonyl (C=O) groups is 1. The second-order valence-corrected chi connectivity index (χ2v) is 2.63. The molecule has 3 N–H and O–H groups in total. The second kappa shape index (κ2) is 3.82. The zero-order valence-corrected chi connectivity index (χ0v) is 7.76. The number of nitro groups is 1. The number of nitrogens with zero attached hydrogens (tertiary/aromatic N) is 1. The highest BCUT2D eigenvalue weighted by atomic mass is 16.6. The molecule has 0 aromatic heterocycles. The van der Waals surface area contributed by atoms with E-state index in [9.17, 15) is 20.0 Å². The molecular formula is C8H8N2O5. The molecule has 0 radical (unpaired) electrons. The van der Waals surface area contributed by atoms with Crippen LogP contribution in [-0.4, -0.2) is 23.0 Å². The van der Waals surface area contributed by atoms with Gasteiger partial charge in [0.15, 0.2) is 0 Å². The lowest BCUT2D eigenvalue weighted by molar-refractivity contribution is -0.385. The fraction of sp³-hybridized carbons (Fsp3) is 0.125. The number of phenols is 1. The van der Waals surface area contributed by atoms with E-state index in [1.807, 2.05) is 0 Å². The van der Waals surface area contributed by atoms with Gasteiger partial charge in [-0.3, -0.25) is 14.9 Å². The summed E-state index contributed by atoms with van der Waals surface area (Å²) in [5.41, 5.74) is 3.97. The van der Waals surface area contributed by atoms with Gasteiger partial charge in [0.2, 0.25) is 5.75 Å². The molecule has 1 amide bonds. The molecule has 7 nitrogen and oxygen atoms in total. The van der Waals surface area contributed by atoms with Gasteiger partial charge < -0.3 is 15.6 Å². The summed E-state index contributed by atoms with van der Waals surface area (Å²) in [4.78, 5) is 20.6. The number of primary amides is 1. The van der Waals surface area contributed by atoms with Crippen molar-refractivity contribution in [2.75, 3.05) is 7.11 Å². The fourth-order valence-electron chi connectivity index (χ4n) is 1.12. The van der Waals surface area contributed by atoms with Gasteiger partial charge in [-0.05, 0) is 6.07 Å². The largest absolute Gasteiger partial charge is 0.501 e. The summed E-state index contributed by atoms with van der Waals surface area (Å²) >= 11 is 0. The number of aromatic hydroxyl groups is 1. The van der Waals surface area contributed by atoms with Gasteiger partial charge in [0, 0.05) is 6.07 Å². The van der Waals surface area contributed by atoms with Gasteiger partial charge in [-0.25, -0.2) is 0 Å². The lowest BCUT2D eigenvalue weighted by Crippen LogP contribution is -2.13. The number of benzene rings is 1. The van der Waals surface area contributed by atoms with Crippen LogP contribution < -0.4 is 10.5 Å². The summed E-state index contributed by atoms with van der Waals surface area (Å²) in [6.07, 6.45) is 0. The van der Waals surface area contributed by atoms with E-state index in [1.54, 1.807) is 0 Å². The highest BCUT2D eigenvalue weighted by Gasteiger charge is 2.24. The maximum Gasteiger partial charge on any atom is 0.311 e. The van der Waals surface area contributed by atoms with Crippen LogP contribution >= 0.6 is 0 Å². The Morgan fingerprint density at radius 3 is 2.60 bits per heavy atom. The van der Waals surface area contributed by atoms with Gasteiger partial charge in [0.25, 0.3) is 5.91 Å². The lowest BCUT2D eigenvalue weighted by atomic mass is 10.1. The predicted molar refractivity (Wildman–Crippen MR) is 49.8 cm³/mol. The third kappa shape index (κ3) is 1.80. The summed E-state index contributed by atoms with van der Waals surface area (Å²) in [7, 11) is 1.26. The van der Waals surface area contributed by atoms with Crippen LogP contribution in [0.25, 0.3) is 0 Å². The molecule has 0 heterocycles. The first-order chi connectivity index (χ1) is 6.99. The zero-order chi connectivity index (χ0) is 11.6. The number of rotatable bonds is 3. The topological polar surface area (TPSA) is 116 Å². The van der Waals surface area contributed by atoms with Crippen LogP contribution in [0.15, 0.2) is 12.1 Å². The van der Waals surface area contributed by atoms with Crippen molar-refractivity contribution in [1.82, 2.24) is 0 Å². The van der Waals surface area contributed by atoms with E-state index < -0.39 is 27.8 Å². The predicted octanol–water partition coefficient (Wildman–Crippen LogP) is 0.408. The van der Waals surface area contributed by atoms with Gasteiger partial charge >= 0.3 is 5.69 Å². The lowest BCUT2D eigenvalue weighted by Gasteiger charge is -2.06. The van der Waals surface area contributed by atoms with Crippen LogP contribution in [0.1, 0.15) is 10.4 Å². The summed E-state index contributed by atoms with van der Waals surface area (Å²) in [5.74, 6) is -1.79. The summed E-state index contributed by atoms with van der Waals surface area (Å²) < 4.78 is 4.74. The van der Waals surface area contributed by atoms with Crippen molar-refractivity contribution in [2.24, 2.45) is 5.73 Å². The summed E-state index contributed by atoms with van der Waals surface area (Å²) in [5, 5.41) is 19.9. The summed E-state index contributed by atoms with van der Waals surface area (Å²) in [6.45, 7) is 0. The number of carbonyl (C=O) groups excluding carboxylic acids is 1. The van der Waals surface area contributed by atoms with Gasteiger partial charge in [-0.15, -0.1) is 0 Å². The van der Waals surface area contributed by atoms with Crippen LogP contribution in [0.2, 0.25) is 0 Å². The van der Waals surface area contributed by atoms with Crippen molar-refractivity contribution in [3.05, 3.63) is 27.8 Å². The quantitative estimate of drug-likeness (QED) is 0.555. The Balaban J connectivity index is 3.49. The molecule has 1 aromatic rings. The smallest absolute Gasteiger partial charge is 0.311 e. The highest BCUT2D eigenvalue weighted by molar-refractivity contribution is 5.99. The highest BCUT2D eigenvalue weighted by Crippen LogP contribution is 2.35. The van der Waals surface area contributed by atoms with Crippen molar-refractivity contribution >= 4 is 11.6 Å². The van der Waals surface area contributed by atoms with Gasteiger partial charge in [0.1, 0.15) is 11.3 Å². The van der Waals surface area contributed by atoms with Gasteiger partial charge in [-0.2, -0.15) is 0 Å². The monoisotopic (exact) mass is 212 g/mol. The molecule has 0 fully saturated rings. The number of ether oxygens (including phenoxy) is 1. The van der Waals surface area contributed by atoms with Crippen molar-refractivity contribution in [3.8, 4) is 11.5 Å². The number of hydrogen-bond acceptors (Lipinski definition) is 5. The SMILES string of the molecule is COc1ccc([N+](=O)[O-])c(O)c1C(N)=O. The van der Waals surface area contributed by atoms with E-state index in [2.05, 4.69) is 0 Å². The van der Waals surface area contributed by atoms with Crippen LogP contribution in [-0.2, 0) is 0 Å². The Kier molecular flexibility index (Phi) is 2.75. The fourth-order valence-corrected chi connectivity index (χ4v) is 1.12. The van der Waals surface area contributed by atoms with E-state index in [4.69, 9.17) is 10.5 Å².